The molecule has 138 valence electrons. The highest BCUT2D eigenvalue weighted by molar-refractivity contribution is 6.39. The van der Waals surface area contributed by atoms with Gasteiger partial charge >= 0.3 is 5.97 Å². The Hall–Kier alpha value is -1.34. The average molecular weight is 388 g/mol. The Labute approximate surface area is 157 Å². The van der Waals surface area contributed by atoms with E-state index < -0.39 is 5.97 Å². The summed E-state index contributed by atoms with van der Waals surface area (Å²) in [4.78, 5) is 27.2. The van der Waals surface area contributed by atoms with E-state index in [9.17, 15) is 9.59 Å². The first-order valence-electron chi connectivity index (χ1n) is 8.32. The smallest absolute Gasteiger partial charge is 0.317 e. The summed E-state index contributed by atoms with van der Waals surface area (Å²) in [6.07, 6.45) is 1.70. The third-order valence-electron chi connectivity index (χ3n) is 4.41. The van der Waals surface area contributed by atoms with Gasteiger partial charge in [-0.3, -0.25) is 19.4 Å². The molecular formula is C17H23Cl2N3O3. The summed E-state index contributed by atoms with van der Waals surface area (Å²) >= 11 is 12.1. The van der Waals surface area contributed by atoms with Gasteiger partial charge in [0.05, 0.1) is 28.8 Å². The number of likely N-dealkylation sites (tertiary alicyclic amines) is 1. The molecule has 0 radical (unpaired) electrons. The first-order valence-corrected chi connectivity index (χ1v) is 9.08. The number of carboxylic acids is 1. The number of benzene rings is 1. The van der Waals surface area contributed by atoms with Crippen molar-refractivity contribution in [2.75, 3.05) is 38.0 Å². The molecule has 2 N–H and O–H groups in total. The number of anilines is 1. The van der Waals surface area contributed by atoms with Crippen LogP contribution in [-0.4, -0.2) is 65.5 Å². The fraction of sp³-hybridized carbons (Fsp3) is 0.529. The number of hydrogen-bond acceptors (Lipinski definition) is 4. The average Bonchev–Trinajstić information content (AvgIpc) is 2.57. The van der Waals surface area contributed by atoms with Crippen LogP contribution in [0.5, 0.6) is 0 Å². The zero-order valence-corrected chi connectivity index (χ0v) is 15.7. The van der Waals surface area contributed by atoms with Crippen molar-refractivity contribution in [3.63, 3.8) is 0 Å². The molecule has 0 aliphatic carbocycles. The first-order chi connectivity index (χ1) is 11.9. The van der Waals surface area contributed by atoms with E-state index in [4.69, 9.17) is 28.3 Å². The second-order valence-electron chi connectivity index (χ2n) is 6.11. The lowest BCUT2D eigenvalue weighted by Gasteiger charge is -2.37. The van der Waals surface area contributed by atoms with Crippen molar-refractivity contribution in [3.05, 3.63) is 28.2 Å². The van der Waals surface area contributed by atoms with Gasteiger partial charge in [0.2, 0.25) is 5.91 Å². The summed E-state index contributed by atoms with van der Waals surface area (Å²) in [5.74, 6) is -0.966. The molecule has 0 spiro atoms. The zero-order chi connectivity index (χ0) is 18.4. The molecule has 1 saturated heterocycles. The van der Waals surface area contributed by atoms with Gasteiger partial charge in [-0.15, -0.1) is 0 Å². The second kappa shape index (κ2) is 9.38. The predicted octanol–water partition coefficient (Wildman–Crippen LogP) is 2.80. The summed E-state index contributed by atoms with van der Waals surface area (Å²) < 4.78 is 0. The second-order valence-corrected chi connectivity index (χ2v) is 6.92. The van der Waals surface area contributed by atoms with E-state index >= 15 is 0 Å². The van der Waals surface area contributed by atoms with Gasteiger partial charge in [-0.2, -0.15) is 0 Å². The summed E-state index contributed by atoms with van der Waals surface area (Å²) in [6, 6.07) is 5.33. The topological polar surface area (TPSA) is 72.9 Å². The van der Waals surface area contributed by atoms with Crippen LogP contribution >= 0.6 is 23.2 Å². The molecule has 0 saturated carbocycles. The molecule has 1 aliphatic heterocycles. The maximum absolute atomic E-state index is 12.2. The summed E-state index contributed by atoms with van der Waals surface area (Å²) in [6.45, 7) is 4.51. The van der Waals surface area contributed by atoms with Crippen molar-refractivity contribution in [1.29, 1.82) is 0 Å². The first kappa shape index (κ1) is 20.0. The lowest BCUT2D eigenvalue weighted by atomic mass is 10.0. The highest BCUT2D eigenvalue weighted by Crippen LogP contribution is 2.29. The van der Waals surface area contributed by atoms with Crippen LogP contribution in [0.1, 0.15) is 19.8 Å². The molecule has 0 bridgehead atoms. The van der Waals surface area contributed by atoms with Crippen LogP contribution in [0.4, 0.5) is 5.69 Å². The van der Waals surface area contributed by atoms with Crippen LogP contribution in [0.2, 0.25) is 10.0 Å². The van der Waals surface area contributed by atoms with Gasteiger partial charge in [-0.1, -0.05) is 36.2 Å². The Kier molecular flexibility index (Phi) is 7.50. The van der Waals surface area contributed by atoms with Crippen LogP contribution in [0, 0.1) is 0 Å². The molecular weight excluding hydrogens is 365 g/mol. The van der Waals surface area contributed by atoms with E-state index in [-0.39, 0.29) is 25.0 Å². The Morgan fingerprint density at radius 3 is 2.40 bits per heavy atom. The predicted molar refractivity (Wildman–Crippen MR) is 99.4 cm³/mol. The number of piperidine rings is 1. The number of carboxylic acid groups (broad SMARTS) is 1. The number of carbonyl (C=O) groups is 2. The number of hydrogen-bond donors (Lipinski definition) is 2. The lowest BCUT2D eigenvalue weighted by Crippen LogP contribution is -2.48. The minimum absolute atomic E-state index is 0.0622. The fourth-order valence-corrected chi connectivity index (χ4v) is 3.61. The molecule has 1 aliphatic rings. The molecule has 0 atom stereocenters. The Bertz CT molecular complexity index is 599. The Morgan fingerprint density at radius 1 is 1.28 bits per heavy atom. The summed E-state index contributed by atoms with van der Waals surface area (Å²) in [5.41, 5.74) is 0.435. The molecule has 25 heavy (non-hydrogen) atoms. The van der Waals surface area contributed by atoms with Crippen molar-refractivity contribution in [2.45, 2.75) is 25.8 Å². The molecule has 1 amide bonds. The van der Waals surface area contributed by atoms with Crippen molar-refractivity contribution < 1.29 is 14.7 Å². The summed E-state index contributed by atoms with van der Waals surface area (Å²) in [5, 5.41) is 12.6. The molecule has 8 heteroatoms. The van der Waals surface area contributed by atoms with Crippen LogP contribution in [0.3, 0.4) is 0 Å². The van der Waals surface area contributed by atoms with Gasteiger partial charge in [-0.05, 0) is 31.5 Å². The molecule has 2 rings (SSSR count). The van der Waals surface area contributed by atoms with E-state index in [0.29, 0.717) is 22.3 Å². The van der Waals surface area contributed by atoms with Gasteiger partial charge in [0.1, 0.15) is 0 Å². The maximum Gasteiger partial charge on any atom is 0.317 e. The van der Waals surface area contributed by atoms with E-state index in [1.165, 1.54) is 0 Å². The number of halogens is 2. The summed E-state index contributed by atoms with van der Waals surface area (Å²) in [7, 11) is 0. The minimum atomic E-state index is -0.805. The zero-order valence-electron chi connectivity index (χ0n) is 14.2. The van der Waals surface area contributed by atoms with Crippen molar-refractivity contribution in [3.8, 4) is 0 Å². The van der Waals surface area contributed by atoms with Crippen molar-refractivity contribution in [2.24, 2.45) is 0 Å². The molecule has 6 nitrogen and oxygen atoms in total. The molecule has 1 aromatic carbocycles. The number of nitrogens with one attached hydrogen (secondary N) is 1. The largest absolute Gasteiger partial charge is 0.480 e. The van der Waals surface area contributed by atoms with E-state index in [0.717, 1.165) is 25.9 Å². The van der Waals surface area contributed by atoms with E-state index in [1.54, 1.807) is 18.2 Å². The number of para-hydroxylation sites is 1. The normalized spacial score (nSPS) is 16.2. The highest BCUT2D eigenvalue weighted by atomic mass is 35.5. The van der Waals surface area contributed by atoms with Crippen LogP contribution in [0.25, 0.3) is 0 Å². The van der Waals surface area contributed by atoms with Crippen molar-refractivity contribution in [1.82, 2.24) is 9.80 Å². The molecule has 0 unspecified atom stereocenters. The van der Waals surface area contributed by atoms with Gasteiger partial charge in [-0.25, -0.2) is 0 Å². The van der Waals surface area contributed by atoms with E-state index in [2.05, 4.69) is 10.2 Å². The van der Waals surface area contributed by atoms with Crippen LogP contribution in [-0.2, 0) is 9.59 Å². The minimum Gasteiger partial charge on any atom is -0.480 e. The SMILES string of the molecule is CCN(CC(=O)O)C1CCN(CC(=O)Nc2c(Cl)cccc2Cl)CC1. The molecule has 1 heterocycles. The maximum atomic E-state index is 12.2. The monoisotopic (exact) mass is 387 g/mol. The number of carbonyl (C=O) groups excluding carboxylic acids is 1. The van der Waals surface area contributed by atoms with E-state index in [1.807, 2.05) is 11.8 Å². The third kappa shape index (κ3) is 5.85. The van der Waals surface area contributed by atoms with Crippen LogP contribution in [0.15, 0.2) is 18.2 Å². The van der Waals surface area contributed by atoms with Gasteiger partial charge in [0.15, 0.2) is 0 Å². The quantitative estimate of drug-likeness (QED) is 0.752. The standard InChI is InChI=1S/C17H23Cl2N3O3/c1-2-22(11-16(24)25)12-6-8-21(9-7-12)10-15(23)20-17-13(18)4-3-5-14(17)19/h3-5,12H,2,6-11H2,1H3,(H,20,23)(H,24,25). The van der Waals surface area contributed by atoms with Crippen LogP contribution < -0.4 is 5.32 Å². The Balaban J connectivity index is 1.83. The molecule has 1 fully saturated rings. The number of likely N-dealkylation sites (N-methyl/N-ethyl adjacent to an activating group) is 1. The number of amides is 1. The Morgan fingerprint density at radius 2 is 1.88 bits per heavy atom. The highest BCUT2D eigenvalue weighted by Gasteiger charge is 2.26. The van der Waals surface area contributed by atoms with Gasteiger partial charge in [0.25, 0.3) is 0 Å². The molecule has 1 aromatic rings. The number of nitrogens with zero attached hydrogens (tertiary/aromatic N) is 2. The lowest BCUT2D eigenvalue weighted by molar-refractivity contribution is -0.139. The fourth-order valence-electron chi connectivity index (χ4n) is 3.11. The third-order valence-corrected chi connectivity index (χ3v) is 5.04. The van der Waals surface area contributed by atoms with Gasteiger partial charge in [0, 0.05) is 19.1 Å². The number of rotatable bonds is 7. The number of aliphatic carboxylic acids is 1. The van der Waals surface area contributed by atoms with Crippen molar-refractivity contribution >= 4 is 40.8 Å². The molecule has 0 aromatic heterocycles. The van der Waals surface area contributed by atoms with Gasteiger partial charge < -0.3 is 10.4 Å².